The summed E-state index contributed by atoms with van der Waals surface area (Å²) in [6.45, 7) is 4.65. The van der Waals surface area contributed by atoms with Gasteiger partial charge in [-0.3, -0.25) is 0 Å². The van der Waals surface area contributed by atoms with E-state index in [1.807, 2.05) is 4.40 Å². The molecular formula is C5H7BNO2UVW. The van der Waals surface area contributed by atoms with Crippen molar-refractivity contribution in [3.8, 4) is 0 Å². The van der Waals surface area contributed by atoms with Crippen molar-refractivity contribution in [2.24, 2.45) is 0 Å². The average molecular weight is 597 g/mol. The van der Waals surface area contributed by atoms with Gasteiger partial charge in [0.25, 0.3) is 0 Å². The van der Waals surface area contributed by atoms with E-state index < -0.39 is 24.0 Å². The van der Waals surface area contributed by atoms with Crippen molar-refractivity contribution in [1.82, 2.24) is 0 Å². The Morgan fingerprint density at radius 2 is 2.42 bits per heavy atom. The summed E-state index contributed by atoms with van der Waals surface area (Å²) >= 11 is -1.06. The SMILES string of the molecule is CB(C)[C]1=C([N+](=O)[O-])[CH]=[W][V]=[U]1. The number of hydrogen-bond acceptors (Lipinski definition) is 2. The van der Waals surface area contributed by atoms with Gasteiger partial charge in [-0.2, -0.15) is 0 Å². The molecule has 7 heteroatoms. The molecule has 0 atom stereocenters. The number of nitro groups is 1. The minimum atomic E-state index is -0.749. The Kier molecular flexibility index (Phi) is 5.09. The van der Waals surface area contributed by atoms with E-state index in [-0.39, 0.29) is 20.6 Å². The normalized spacial score (nSPS) is 14.5. The van der Waals surface area contributed by atoms with Gasteiger partial charge in [0.05, 0.1) is 0 Å². The fourth-order valence-electron chi connectivity index (χ4n) is 0.839. The first-order chi connectivity index (χ1) is 5.63. The molecule has 0 spiro atoms. The van der Waals surface area contributed by atoms with Crippen LogP contribution in [0.5, 0.6) is 0 Å². The van der Waals surface area contributed by atoms with Crippen LogP contribution in [0.15, 0.2) is 8.20 Å². The molecule has 1 heterocycles. The Labute approximate surface area is 94.1 Å². The van der Waals surface area contributed by atoms with Crippen LogP contribution in [0.3, 0.4) is 0 Å². The monoisotopic (exact) mass is 597 g/mol. The summed E-state index contributed by atoms with van der Waals surface area (Å²) in [6, 6.07) is 0. The summed E-state index contributed by atoms with van der Waals surface area (Å²) in [5, 5.41) is 10.7. The molecule has 0 aromatic heterocycles. The van der Waals surface area contributed by atoms with Gasteiger partial charge < -0.3 is 0 Å². The summed E-state index contributed by atoms with van der Waals surface area (Å²) in [4.78, 5) is 10.5. The van der Waals surface area contributed by atoms with Crippen LogP contribution in [0.2, 0.25) is 13.6 Å². The number of hydrogen-bond donors (Lipinski definition) is 0. The van der Waals surface area contributed by atoms with Crippen molar-refractivity contribution in [2.75, 3.05) is 0 Å². The van der Waals surface area contributed by atoms with Gasteiger partial charge in [0.1, 0.15) is 0 Å². The summed E-state index contributed by atoms with van der Waals surface area (Å²) in [5.74, 6) is 0. The Hall–Kier alpha value is 1.40. The van der Waals surface area contributed by atoms with Crippen LogP contribution in [-0.4, -0.2) is 16.0 Å². The first-order valence-corrected chi connectivity index (χ1v) is 21.6. The van der Waals surface area contributed by atoms with E-state index in [2.05, 4.69) is 13.6 Å². The zero-order valence-corrected chi connectivity index (χ0v) is 15.3. The van der Waals surface area contributed by atoms with Crippen molar-refractivity contribution < 1.29 is 52.5 Å². The molecule has 1 rings (SSSR count). The minimum absolute atomic E-state index is 0.147. The van der Waals surface area contributed by atoms with Gasteiger partial charge in [-0.05, 0) is 0 Å². The third-order valence-corrected chi connectivity index (χ3v) is 42.8. The Balaban J connectivity index is 3.11. The predicted octanol–water partition coefficient (Wildman–Crippen LogP) is 0.664. The molecular weight excluding hydrogens is 590 g/mol. The van der Waals surface area contributed by atoms with E-state index in [0.29, 0.717) is 20.3 Å². The van der Waals surface area contributed by atoms with Crippen LogP contribution in [-0.2, 0) is 23.6 Å². The van der Waals surface area contributed by atoms with Crippen molar-refractivity contribution in [3.05, 3.63) is 18.3 Å². The summed E-state index contributed by atoms with van der Waals surface area (Å²) < 4.78 is 3.31. The van der Waals surface area contributed by atoms with Crippen LogP contribution in [0, 0.1) is 34.1 Å². The van der Waals surface area contributed by atoms with Crippen LogP contribution in [0.4, 0.5) is 0 Å². The second-order valence-corrected chi connectivity index (χ2v) is 42.0. The second-order valence-electron chi connectivity index (χ2n) is 2.64. The second kappa shape index (κ2) is 5.32. The molecule has 62 valence electrons. The van der Waals surface area contributed by atoms with Gasteiger partial charge >= 0.3 is 95.6 Å². The Morgan fingerprint density at radius 1 is 1.75 bits per heavy atom. The molecule has 3 nitrogen and oxygen atoms in total. The number of allylic oxidation sites excluding steroid dienone is 1. The zero-order valence-electron chi connectivity index (χ0n) is 6.77. The fraction of sp³-hybridized carbons (Fsp3) is 0.400. The molecule has 0 bridgehead atoms. The Morgan fingerprint density at radius 3 is 2.83 bits per heavy atom. The summed E-state index contributed by atoms with van der Waals surface area (Å²) in [6.07, 6.45) is 0. The maximum atomic E-state index is 10.7. The molecule has 0 N–H and O–H groups in total. The van der Waals surface area contributed by atoms with E-state index >= 15 is 0 Å². The van der Waals surface area contributed by atoms with Crippen molar-refractivity contribution >= 4 is 11.1 Å². The first kappa shape index (κ1) is 11.5. The number of rotatable bonds is 2. The van der Waals surface area contributed by atoms with Gasteiger partial charge in [-0.25, -0.2) is 0 Å². The molecule has 0 radical (unpaired) electrons. The van der Waals surface area contributed by atoms with Gasteiger partial charge in [0.2, 0.25) is 0 Å². The maximum absolute atomic E-state index is 10.7. The van der Waals surface area contributed by atoms with E-state index in [1.165, 1.54) is 2.51 Å². The van der Waals surface area contributed by atoms with Crippen molar-refractivity contribution in [3.63, 3.8) is 0 Å². The van der Waals surface area contributed by atoms with Gasteiger partial charge in [0, 0.05) is 0 Å². The van der Waals surface area contributed by atoms with Crippen LogP contribution in [0.25, 0.3) is 0 Å². The molecule has 0 saturated carbocycles. The standard InChI is InChI=1S/C5H7BNO2.U.V.W/c1-5(7(8)9)4-6(2)3;;;/h1H,2-3H3;;;. The van der Waals surface area contributed by atoms with Gasteiger partial charge in [0.15, 0.2) is 0 Å². The first-order valence-electron chi connectivity index (χ1n) is 3.46. The van der Waals surface area contributed by atoms with E-state index in [1.54, 1.807) is 0 Å². The molecule has 1 aliphatic heterocycles. The fourth-order valence-corrected chi connectivity index (χ4v) is 44.6. The molecule has 0 aliphatic carbocycles. The third kappa shape index (κ3) is 2.96. The third-order valence-electron chi connectivity index (χ3n) is 1.43. The predicted molar refractivity (Wildman–Crippen MR) is 37.6 cm³/mol. The quantitative estimate of drug-likeness (QED) is 0.267. The molecule has 0 amide bonds. The molecule has 0 fully saturated rings. The summed E-state index contributed by atoms with van der Waals surface area (Å²) in [5.41, 5.74) is 0.548. The molecule has 0 unspecified atom stereocenters. The van der Waals surface area contributed by atoms with E-state index in [9.17, 15) is 10.1 Å². The zero-order chi connectivity index (χ0) is 9.14. The Bertz CT molecular complexity index is 302. The number of nitrogens with zero attached hydrogens (tertiary/aromatic N) is 1. The molecule has 1 aliphatic rings. The van der Waals surface area contributed by atoms with Crippen LogP contribution >= 0.6 is 0 Å². The summed E-state index contributed by atoms with van der Waals surface area (Å²) in [7, 11) is 0.678. The van der Waals surface area contributed by atoms with Gasteiger partial charge in [-0.1, -0.05) is 0 Å². The van der Waals surface area contributed by atoms with Gasteiger partial charge in [-0.15, -0.1) is 0 Å². The average Bonchev–Trinajstić information content (AvgIpc) is 2.04. The van der Waals surface area contributed by atoms with Crippen molar-refractivity contribution in [2.45, 2.75) is 13.6 Å². The van der Waals surface area contributed by atoms with Crippen molar-refractivity contribution in [1.29, 1.82) is 0 Å². The molecule has 0 aromatic rings. The van der Waals surface area contributed by atoms with E-state index in [0.717, 1.165) is 0 Å². The molecule has 0 aromatic carbocycles. The molecule has 12 heavy (non-hydrogen) atoms. The van der Waals surface area contributed by atoms with E-state index in [4.69, 9.17) is 0 Å². The molecule has 0 saturated heterocycles. The van der Waals surface area contributed by atoms with Crippen LogP contribution in [0.1, 0.15) is 0 Å². The topological polar surface area (TPSA) is 43.1 Å². The van der Waals surface area contributed by atoms with Crippen LogP contribution < -0.4 is 0 Å².